The second kappa shape index (κ2) is 7.87. The number of anilines is 1. The number of nitrogens with zero attached hydrogens (tertiary/aromatic N) is 2. The number of aliphatic hydroxyl groups is 1. The monoisotopic (exact) mass is 311 g/mol. The fourth-order valence-corrected chi connectivity index (χ4v) is 1.46. The third kappa shape index (κ3) is 5.53. The summed E-state index contributed by atoms with van der Waals surface area (Å²) < 4.78 is 10.5. The highest BCUT2D eigenvalue weighted by Gasteiger charge is 2.39. The molecule has 0 bridgehead atoms. The van der Waals surface area contributed by atoms with Gasteiger partial charge in [-0.05, 0) is 34.1 Å². The molecule has 1 aromatic heterocycles. The van der Waals surface area contributed by atoms with Crippen molar-refractivity contribution >= 4 is 18.5 Å². The molecule has 0 atom stereocenters. The van der Waals surface area contributed by atoms with Gasteiger partial charge in [-0.15, -0.1) is 0 Å². The van der Waals surface area contributed by atoms with Gasteiger partial charge in [0.1, 0.15) is 0 Å². The summed E-state index contributed by atoms with van der Waals surface area (Å²) in [6.45, 7) is 8.06. The van der Waals surface area contributed by atoms with Gasteiger partial charge in [0.25, 0.3) is 0 Å². The Morgan fingerprint density at radius 3 is 2.32 bits per heavy atom. The maximum Gasteiger partial charge on any atom is 0.494 e. The van der Waals surface area contributed by atoms with E-state index in [1.54, 1.807) is 34.8 Å². The molecule has 1 rings (SSSR count). The van der Waals surface area contributed by atoms with E-state index in [1.165, 1.54) is 12.4 Å². The van der Waals surface area contributed by atoms with Crippen molar-refractivity contribution in [2.24, 2.45) is 0 Å². The van der Waals surface area contributed by atoms with Crippen LogP contribution in [0.4, 0.5) is 5.95 Å². The first kappa shape index (κ1) is 18.8. The molecule has 0 radical (unpaired) electrons. The highest BCUT2D eigenvalue weighted by molar-refractivity contribution is 6.59. The lowest BCUT2D eigenvalue weighted by atomic mass is 9.78. The maximum atomic E-state index is 10.1. The highest BCUT2D eigenvalue weighted by atomic mass is 16.5. The second-order valence-electron chi connectivity index (χ2n) is 6.15. The minimum Gasteiger partial charge on any atom is -0.423 e. The molecule has 1 aromatic rings. The number of ether oxygens (including phenoxy) is 1. The van der Waals surface area contributed by atoms with Crippen LogP contribution < -0.4 is 10.8 Å². The molecule has 0 saturated carbocycles. The normalized spacial score (nSPS) is 12.3. The fourth-order valence-electron chi connectivity index (χ4n) is 1.46. The van der Waals surface area contributed by atoms with Crippen molar-refractivity contribution in [3.63, 3.8) is 0 Å². The van der Waals surface area contributed by atoms with Gasteiger partial charge >= 0.3 is 7.12 Å². The van der Waals surface area contributed by atoms with Crippen molar-refractivity contribution in [1.29, 1.82) is 0 Å². The Morgan fingerprint density at radius 2 is 1.82 bits per heavy atom. The average Bonchev–Trinajstić information content (AvgIpc) is 2.42. The minimum atomic E-state index is -1.20. The van der Waals surface area contributed by atoms with Crippen LogP contribution in [-0.4, -0.2) is 58.7 Å². The number of nitrogens with one attached hydrogen (secondary N) is 1. The SMILES string of the molecule is COCCCNc1ncc(B(O)OC(C)(C)C(C)(C)O)cn1. The molecule has 0 saturated heterocycles. The Labute approximate surface area is 132 Å². The maximum absolute atomic E-state index is 10.1. The molecule has 0 aliphatic heterocycles. The predicted molar refractivity (Wildman–Crippen MR) is 86.1 cm³/mol. The van der Waals surface area contributed by atoms with Crippen LogP contribution in [0.5, 0.6) is 0 Å². The molecule has 7 nitrogen and oxygen atoms in total. The molecule has 0 aliphatic carbocycles. The molecule has 0 amide bonds. The van der Waals surface area contributed by atoms with E-state index >= 15 is 0 Å². The Hall–Kier alpha value is -1.22. The smallest absolute Gasteiger partial charge is 0.423 e. The molecule has 22 heavy (non-hydrogen) atoms. The van der Waals surface area contributed by atoms with Crippen LogP contribution in [-0.2, 0) is 9.39 Å². The zero-order valence-corrected chi connectivity index (χ0v) is 14.0. The molecule has 124 valence electrons. The third-order valence-electron chi connectivity index (χ3n) is 3.64. The Bertz CT molecular complexity index is 448. The van der Waals surface area contributed by atoms with Crippen LogP contribution >= 0.6 is 0 Å². The number of hydrogen-bond acceptors (Lipinski definition) is 7. The lowest BCUT2D eigenvalue weighted by Gasteiger charge is -2.38. The predicted octanol–water partition coefficient (Wildman–Crippen LogP) is 0.179. The van der Waals surface area contributed by atoms with Crippen molar-refractivity contribution < 1.29 is 19.5 Å². The quantitative estimate of drug-likeness (QED) is 0.442. The van der Waals surface area contributed by atoms with E-state index in [9.17, 15) is 10.1 Å². The standard InChI is InChI=1S/C14H26BN3O4/c1-13(2,19)14(3,4)22-15(20)11-9-17-12(18-10-11)16-7-6-8-21-5/h9-10,19-20H,6-8H2,1-5H3,(H,16,17,18). The molecule has 0 aromatic carbocycles. The summed E-state index contributed by atoms with van der Waals surface area (Å²) in [5, 5.41) is 23.2. The highest BCUT2D eigenvalue weighted by Crippen LogP contribution is 2.25. The summed E-state index contributed by atoms with van der Waals surface area (Å²) in [4.78, 5) is 8.25. The van der Waals surface area contributed by atoms with E-state index in [1.807, 2.05) is 0 Å². The van der Waals surface area contributed by atoms with Gasteiger partial charge in [-0.25, -0.2) is 9.97 Å². The summed E-state index contributed by atoms with van der Waals surface area (Å²) in [5.74, 6) is 0.480. The largest absolute Gasteiger partial charge is 0.494 e. The van der Waals surface area contributed by atoms with E-state index in [0.717, 1.165) is 6.42 Å². The third-order valence-corrected chi connectivity index (χ3v) is 3.64. The number of hydrogen-bond donors (Lipinski definition) is 3. The summed E-state index contributed by atoms with van der Waals surface area (Å²) in [5.41, 5.74) is -1.60. The van der Waals surface area contributed by atoms with E-state index in [-0.39, 0.29) is 0 Å². The minimum absolute atomic E-state index is 0.430. The molecule has 0 unspecified atom stereocenters. The first-order valence-electron chi connectivity index (χ1n) is 7.30. The second-order valence-corrected chi connectivity index (χ2v) is 6.15. The first-order valence-corrected chi connectivity index (χ1v) is 7.30. The van der Waals surface area contributed by atoms with Crippen LogP contribution in [0, 0.1) is 0 Å². The van der Waals surface area contributed by atoms with Crippen molar-refractivity contribution in [2.75, 3.05) is 25.6 Å². The van der Waals surface area contributed by atoms with Crippen LogP contribution in [0.15, 0.2) is 12.4 Å². The number of aromatic nitrogens is 2. The Morgan fingerprint density at radius 1 is 1.23 bits per heavy atom. The lowest BCUT2D eigenvalue weighted by molar-refractivity contribution is -0.0982. The van der Waals surface area contributed by atoms with Gasteiger partial charge in [0.2, 0.25) is 5.95 Å². The zero-order chi connectivity index (χ0) is 16.8. The van der Waals surface area contributed by atoms with Gasteiger partial charge in [-0.1, -0.05) is 0 Å². The fraction of sp³-hybridized carbons (Fsp3) is 0.714. The van der Waals surface area contributed by atoms with E-state index in [4.69, 9.17) is 9.39 Å². The zero-order valence-electron chi connectivity index (χ0n) is 14.0. The van der Waals surface area contributed by atoms with Crippen LogP contribution in [0.1, 0.15) is 34.1 Å². The van der Waals surface area contributed by atoms with Gasteiger partial charge in [0.15, 0.2) is 0 Å². The average molecular weight is 311 g/mol. The van der Waals surface area contributed by atoms with Crippen molar-refractivity contribution in [2.45, 2.75) is 45.3 Å². The number of methoxy groups -OCH3 is 1. The summed E-state index contributed by atoms with van der Waals surface area (Å²) in [7, 11) is 0.450. The molecular formula is C14H26BN3O4. The molecule has 1 heterocycles. The molecule has 3 N–H and O–H groups in total. The van der Waals surface area contributed by atoms with Crippen molar-refractivity contribution in [1.82, 2.24) is 9.97 Å². The summed E-state index contributed by atoms with van der Waals surface area (Å²) >= 11 is 0. The van der Waals surface area contributed by atoms with Crippen LogP contribution in [0.25, 0.3) is 0 Å². The Kier molecular flexibility index (Phi) is 6.74. The molecule has 8 heteroatoms. The van der Waals surface area contributed by atoms with Crippen molar-refractivity contribution in [3.05, 3.63) is 12.4 Å². The van der Waals surface area contributed by atoms with Crippen LogP contribution in [0.3, 0.4) is 0 Å². The lowest BCUT2D eigenvalue weighted by Crippen LogP contribution is -2.53. The van der Waals surface area contributed by atoms with Gasteiger partial charge in [-0.2, -0.15) is 0 Å². The molecule has 0 fully saturated rings. The molecule has 0 spiro atoms. The first-order chi connectivity index (χ1) is 10.2. The van der Waals surface area contributed by atoms with Gasteiger partial charge in [0.05, 0.1) is 11.2 Å². The summed E-state index contributed by atoms with van der Waals surface area (Å²) in [6.07, 6.45) is 3.85. The van der Waals surface area contributed by atoms with E-state index in [0.29, 0.717) is 24.6 Å². The summed E-state index contributed by atoms with van der Waals surface area (Å²) in [6, 6.07) is 0. The number of rotatable bonds is 9. The van der Waals surface area contributed by atoms with Gasteiger partial charge in [0, 0.05) is 38.1 Å². The van der Waals surface area contributed by atoms with Gasteiger partial charge in [-0.3, -0.25) is 0 Å². The molecule has 0 aliphatic rings. The van der Waals surface area contributed by atoms with Crippen LogP contribution in [0.2, 0.25) is 0 Å². The molecular weight excluding hydrogens is 285 g/mol. The van der Waals surface area contributed by atoms with E-state index < -0.39 is 18.3 Å². The van der Waals surface area contributed by atoms with Crippen molar-refractivity contribution in [3.8, 4) is 0 Å². The van der Waals surface area contributed by atoms with Gasteiger partial charge < -0.3 is 24.8 Å². The van der Waals surface area contributed by atoms with E-state index in [2.05, 4.69) is 15.3 Å². The Balaban J connectivity index is 2.59. The topological polar surface area (TPSA) is 96.7 Å².